The highest BCUT2D eigenvalue weighted by molar-refractivity contribution is 5.16. The van der Waals surface area contributed by atoms with Crippen LogP contribution in [0.15, 0.2) is 12.2 Å². The van der Waals surface area contributed by atoms with Crippen LogP contribution in [0.2, 0.25) is 0 Å². The van der Waals surface area contributed by atoms with Crippen molar-refractivity contribution in [3.05, 3.63) is 12.2 Å². The molecule has 78 valence electrons. The zero-order valence-electron chi connectivity index (χ0n) is 8.89. The van der Waals surface area contributed by atoms with E-state index in [0.717, 1.165) is 30.2 Å². The molecule has 0 spiro atoms. The molecule has 0 amide bonds. The van der Waals surface area contributed by atoms with Crippen molar-refractivity contribution >= 4 is 0 Å². The van der Waals surface area contributed by atoms with E-state index in [0.29, 0.717) is 6.04 Å². The molecule has 0 aromatic rings. The lowest BCUT2D eigenvalue weighted by atomic mass is 9.86. The number of likely N-dealkylation sites (tertiary alicyclic amines) is 1. The minimum Gasteiger partial charge on any atom is -0.327 e. The summed E-state index contributed by atoms with van der Waals surface area (Å²) in [5.41, 5.74) is 5.85. The summed E-state index contributed by atoms with van der Waals surface area (Å²) in [5.74, 6) is 3.73. The summed E-state index contributed by atoms with van der Waals surface area (Å²) in [7, 11) is 0. The van der Waals surface area contributed by atoms with E-state index in [4.69, 9.17) is 5.73 Å². The molecular weight excluding hydrogens is 172 g/mol. The number of allylic oxidation sites excluding steroid dienone is 2. The standard InChI is InChI=1S/C12H20N2/c1-8(13)5-14-6-11-9-2-3-10(4-9)12(11)7-14/h2-3,8-12H,4-7,13H2,1H3/t8-,9?,10?,11?,12?/m0/s1. The van der Waals surface area contributed by atoms with E-state index < -0.39 is 0 Å². The first-order valence-corrected chi connectivity index (χ1v) is 5.90. The molecule has 1 heterocycles. The third-order valence-electron chi connectivity index (χ3n) is 4.28. The summed E-state index contributed by atoms with van der Waals surface area (Å²) in [6, 6.07) is 0.333. The zero-order chi connectivity index (χ0) is 9.71. The van der Waals surface area contributed by atoms with Gasteiger partial charge in [0.15, 0.2) is 0 Å². The summed E-state index contributed by atoms with van der Waals surface area (Å²) in [6.45, 7) is 5.81. The second-order valence-corrected chi connectivity index (χ2v) is 5.47. The predicted octanol–water partition coefficient (Wildman–Crippen LogP) is 1.09. The maximum absolute atomic E-state index is 5.85. The smallest absolute Gasteiger partial charge is 0.0139 e. The van der Waals surface area contributed by atoms with Crippen molar-refractivity contribution in [3.8, 4) is 0 Å². The molecule has 1 aliphatic heterocycles. The molecule has 3 rings (SSSR count). The summed E-state index contributed by atoms with van der Waals surface area (Å²) in [5, 5.41) is 0. The van der Waals surface area contributed by atoms with Crippen LogP contribution in [0.1, 0.15) is 13.3 Å². The highest BCUT2D eigenvalue weighted by Gasteiger charge is 2.48. The van der Waals surface area contributed by atoms with Crippen molar-refractivity contribution in [1.82, 2.24) is 4.90 Å². The Bertz CT molecular complexity index is 239. The number of hydrogen-bond donors (Lipinski definition) is 1. The van der Waals surface area contributed by atoms with Gasteiger partial charge in [-0.3, -0.25) is 0 Å². The van der Waals surface area contributed by atoms with Gasteiger partial charge in [-0.1, -0.05) is 12.2 Å². The molecular formula is C12H20N2. The largest absolute Gasteiger partial charge is 0.327 e. The minimum absolute atomic E-state index is 0.333. The van der Waals surface area contributed by atoms with Crippen LogP contribution in [0.25, 0.3) is 0 Å². The summed E-state index contributed by atoms with van der Waals surface area (Å²) in [6.07, 6.45) is 6.36. The summed E-state index contributed by atoms with van der Waals surface area (Å²) < 4.78 is 0. The van der Waals surface area contributed by atoms with Crippen molar-refractivity contribution in [2.24, 2.45) is 29.4 Å². The molecule has 2 nitrogen and oxygen atoms in total. The van der Waals surface area contributed by atoms with Crippen LogP contribution in [0, 0.1) is 23.7 Å². The van der Waals surface area contributed by atoms with Crippen molar-refractivity contribution in [2.45, 2.75) is 19.4 Å². The fraction of sp³-hybridized carbons (Fsp3) is 0.833. The molecule has 14 heavy (non-hydrogen) atoms. The Hall–Kier alpha value is -0.340. The molecule has 4 unspecified atom stereocenters. The molecule has 2 N–H and O–H groups in total. The molecule has 1 saturated heterocycles. The van der Waals surface area contributed by atoms with Crippen LogP contribution in [0.5, 0.6) is 0 Å². The van der Waals surface area contributed by atoms with Crippen LogP contribution in [0.3, 0.4) is 0 Å². The van der Waals surface area contributed by atoms with Gasteiger partial charge >= 0.3 is 0 Å². The van der Waals surface area contributed by atoms with Gasteiger partial charge in [-0.15, -0.1) is 0 Å². The molecule has 2 fully saturated rings. The Balaban J connectivity index is 1.67. The van der Waals surface area contributed by atoms with Crippen LogP contribution < -0.4 is 5.73 Å². The fourth-order valence-corrected chi connectivity index (χ4v) is 3.80. The SMILES string of the molecule is C[C@H](N)CN1CC2C3C=CC(C3)C2C1. The van der Waals surface area contributed by atoms with E-state index in [-0.39, 0.29) is 0 Å². The van der Waals surface area contributed by atoms with E-state index >= 15 is 0 Å². The average Bonchev–Trinajstić information content (AvgIpc) is 2.69. The lowest BCUT2D eigenvalue weighted by molar-refractivity contribution is 0.285. The molecule has 2 aliphatic carbocycles. The first kappa shape index (κ1) is 8.93. The molecule has 2 heteroatoms. The van der Waals surface area contributed by atoms with Crippen LogP contribution >= 0.6 is 0 Å². The normalized spacial score (nSPS) is 47.3. The number of nitrogens with zero attached hydrogens (tertiary/aromatic N) is 1. The third-order valence-corrected chi connectivity index (χ3v) is 4.28. The van der Waals surface area contributed by atoms with Gasteiger partial charge in [-0.05, 0) is 37.0 Å². The van der Waals surface area contributed by atoms with E-state index in [1.807, 2.05) is 0 Å². The quantitative estimate of drug-likeness (QED) is 0.664. The van der Waals surface area contributed by atoms with E-state index in [1.165, 1.54) is 19.5 Å². The maximum atomic E-state index is 5.85. The third kappa shape index (κ3) is 1.24. The average molecular weight is 192 g/mol. The molecule has 0 aromatic heterocycles. The zero-order valence-corrected chi connectivity index (χ0v) is 8.89. The van der Waals surface area contributed by atoms with Crippen molar-refractivity contribution in [2.75, 3.05) is 19.6 Å². The van der Waals surface area contributed by atoms with Crippen LogP contribution in [-0.2, 0) is 0 Å². The fourth-order valence-electron chi connectivity index (χ4n) is 3.80. The molecule has 0 radical (unpaired) electrons. The number of nitrogens with two attached hydrogens (primary N) is 1. The molecule has 5 atom stereocenters. The van der Waals surface area contributed by atoms with Crippen molar-refractivity contribution < 1.29 is 0 Å². The first-order chi connectivity index (χ1) is 6.74. The lowest BCUT2D eigenvalue weighted by Gasteiger charge is -2.19. The van der Waals surface area contributed by atoms with Crippen LogP contribution in [0.4, 0.5) is 0 Å². The first-order valence-electron chi connectivity index (χ1n) is 5.90. The van der Waals surface area contributed by atoms with E-state index in [2.05, 4.69) is 24.0 Å². The summed E-state index contributed by atoms with van der Waals surface area (Å²) in [4.78, 5) is 2.58. The topological polar surface area (TPSA) is 29.3 Å². The molecule has 0 aromatic carbocycles. The Morgan fingerprint density at radius 2 is 1.86 bits per heavy atom. The Labute approximate surface area is 86.1 Å². The number of rotatable bonds is 2. The number of fused-ring (bicyclic) bond motifs is 5. The van der Waals surface area contributed by atoms with Gasteiger partial charge in [-0.2, -0.15) is 0 Å². The van der Waals surface area contributed by atoms with Crippen molar-refractivity contribution in [3.63, 3.8) is 0 Å². The second-order valence-electron chi connectivity index (χ2n) is 5.47. The summed E-state index contributed by atoms with van der Waals surface area (Å²) >= 11 is 0. The molecule has 1 saturated carbocycles. The van der Waals surface area contributed by atoms with Gasteiger partial charge in [0.05, 0.1) is 0 Å². The van der Waals surface area contributed by atoms with Gasteiger partial charge in [0.25, 0.3) is 0 Å². The highest BCUT2D eigenvalue weighted by atomic mass is 15.2. The second kappa shape index (κ2) is 3.07. The highest BCUT2D eigenvalue weighted by Crippen LogP contribution is 2.51. The van der Waals surface area contributed by atoms with Crippen LogP contribution in [-0.4, -0.2) is 30.6 Å². The predicted molar refractivity (Wildman–Crippen MR) is 57.8 cm³/mol. The Morgan fingerprint density at radius 1 is 1.29 bits per heavy atom. The van der Waals surface area contributed by atoms with Gasteiger partial charge in [0, 0.05) is 25.7 Å². The van der Waals surface area contributed by atoms with Gasteiger partial charge in [0.2, 0.25) is 0 Å². The lowest BCUT2D eigenvalue weighted by Crippen LogP contribution is -2.35. The monoisotopic (exact) mass is 192 g/mol. The van der Waals surface area contributed by atoms with Gasteiger partial charge < -0.3 is 10.6 Å². The van der Waals surface area contributed by atoms with Gasteiger partial charge in [0.1, 0.15) is 0 Å². The van der Waals surface area contributed by atoms with E-state index in [9.17, 15) is 0 Å². The van der Waals surface area contributed by atoms with E-state index in [1.54, 1.807) is 0 Å². The molecule has 3 aliphatic rings. The molecule has 2 bridgehead atoms. The van der Waals surface area contributed by atoms with Gasteiger partial charge in [-0.25, -0.2) is 0 Å². The minimum atomic E-state index is 0.333. The Morgan fingerprint density at radius 3 is 2.36 bits per heavy atom. The van der Waals surface area contributed by atoms with Crippen molar-refractivity contribution in [1.29, 1.82) is 0 Å². The maximum Gasteiger partial charge on any atom is 0.0139 e. The Kier molecular flexibility index (Phi) is 1.96. The number of hydrogen-bond acceptors (Lipinski definition) is 2.